The summed E-state index contributed by atoms with van der Waals surface area (Å²) < 4.78 is 49.7. The predicted molar refractivity (Wildman–Crippen MR) is 94.1 cm³/mol. The summed E-state index contributed by atoms with van der Waals surface area (Å²) in [6.45, 7) is 4.14. The van der Waals surface area contributed by atoms with Crippen LogP contribution in [0, 0.1) is 0 Å². The standard InChI is InChI=1S/C17H23F2N3O3S/c18-17(19)26(24,25)15-6-2-1-5-14(15)21-11-9-20(10-12-21)13-16(23)22-7-3-4-8-22/h1-2,5-6,17H,3-4,7-13H2. The molecule has 144 valence electrons. The van der Waals surface area contributed by atoms with Gasteiger partial charge < -0.3 is 9.80 Å². The van der Waals surface area contributed by atoms with E-state index in [1.165, 1.54) is 12.1 Å². The van der Waals surface area contributed by atoms with Crippen LogP contribution in [0.5, 0.6) is 0 Å². The Morgan fingerprint density at radius 1 is 1.00 bits per heavy atom. The lowest BCUT2D eigenvalue weighted by Gasteiger charge is -2.37. The minimum absolute atomic E-state index is 0.122. The third-order valence-corrected chi connectivity index (χ3v) is 6.36. The van der Waals surface area contributed by atoms with Crippen molar-refractivity contribution in [3.8, 4) is 0 Å². The molecule has 6 nitrogen and oxygen atoms in total. The number of amides is 1. The predicted octanol–water partition coefficient (Wildman–Crippen LogP) is 1.43. The zero-order valence-electron chi connectivity index (χ0n) is 14.5. The zero-order valence-corrected chi connectivity index (χ0v) is 15.3. The highest BCUT2D eigenvalue weighted by atomic mass is 32.2. The van der Waals surface area contributed by atoms with Crippen LogP contribution in [0.1, 0.15) is 12.8 Å². The van der Waals surface area contributed by atoms with E-state index >= 15 is 0 Å². The Morgan fingerprint density at radius 3 is 2.23 bits per heavy atom. The Morgan fingerprint density at radius 2 is 1.62 bits per heavy atom. The van der Waals surface area contributed by atoms with Gasteiger partial charge in [0.2, 0.25) is 15.7 Å². The third-order valence-electron chi connectivity index (χ3n) is 4.94. The molecule has 0 aromatic heterocycles. The molecule has 0 unspecified atom stereocenters. The molecule has 1 aromatic carbocycles. The lowest BCUT2D eigenvalue weighted by Crippen LogP contribution is -2.50. The van der Waals surface area contributed by atoms with E-state index in [9.17, 15) is 22.0 Å². The summed E-state index contributed by atoms with van der Waals surface area (Å²) in [6, 6.07) is 5.87. The number of anilines is 1. The Balaban J connectivity index is 1.64. The van der Waals surface area contributed by atoms with Crippen LogP contribution in [-0.4, -0.2) is 75.7 Å². The Kier molecular flexibility index (Phi) is 5.76. The smallest absolute Gasteiger partial charge is 0.341 e. The van der Waals surface area contributed by atoms with Crippen LogP contribution in [0.25, 0.3) is 0 Å². The van der Waals surface area contributed by atoms with Crippen molar-refractivity contribution in [2.24, 2.45) is 0 Å². The van der Waals surface area contributed by atoms with Gasteiger partial charge in [0, 0.05) is 39.3 Å². The third kappa shape index (κ3) is 3.98. The molecule has 1 amide bonds. The molecular formula is C17H23F2N3O3S. The molecule has 2 fully saturated rings. The minimum atomic E-state index is -4.65. The van der Waals surface area contributed by atoms with Crippen LogP contribution in [-0.2, 0) is 14.6 Å². The normalized spacial score (nSPS) is 19.3. The highest BCUT2D eigenvalue weighted by Gasteiger charge is 2.31. The van der Waals surface area contributed by atoms with E-state index in [2.05, 4.69) is 0 Å². The van der Waals surface area contributed by atoms with Crippen molar-refractivity contribution in [3.05, 3.63) is 24.3 Å². The second kappa shape index (κ2) is 7.87. The highest BCUT2D eigenvalue weighted by molar-refractivity contribution is 7.91. The molecule has 0 aliphatic carbocycles. The second-order valence-electron chi connectivity index (χ2n) is 6.62. The first-order valence-electron chi connectivity index (χ1n) is 8.76. The number of hydrogen-bond donors (Lipinski definition) is 0. The van der Waals surface area contributed by atoms with E-state index in [4.69, 9.17) is 0 Å². The topological polar surface area (TPSA) is 60.9 Å². The van der Waals surface area contributed by atoms with Gasteiger partial charge in [-0.05, 0) is 25.0 Å². The van der Waals surface area contributed by atoms with Crippen molar-refractivity contribution in [2.45, 2.75) is 23.5 Å². The molecule has 0 atom stereocenters. The van der Waals surface area contributed by atoms with E-state index in [1.54, 1.807) is 17.0 Å². The maximum atomic E-state index is 12.9. The van der Waals surface area contributed by atoms with E-state index in [1.807, 2.05) is 9.80 Å². The number of hydrogen-bond acceptors (Lipinski definition) is 5. The molecule has 2 saturated heterocycles. The van der Waals surface area contributed by atoms with Gasteiger partial charge in [0.25, 0.3) is 0 Å². The number of piperazine rings is 1. The zero-order chi connectivity index (χ0) is 18.7. The van der Waals surface area contributed by atoms with Gasteiger partial charge in [0.05, 0.1) is 17.1 Å². The molecule has 2 heterocycles. The number of para-hydroxylation sites is 1. The fourth-order valence-electron chi connectivity index (χ4n) is 3.46. The van der Waals surface area contributed by atoms with Crippen molar-refractivity contribution < 1.29 is 22.0 Å². The van der Waals surface area contributed by atoms with Crippen molar-refractivity contribution in [1.29, 1.82) is 0 Å². The van der Waals surface area contributed by atoms with Gasteiger partial charge in [-0.3, -0.25) is 9.69 Å². The molecule has 0 radical (unpaired) electrons. The quantitative estimate of drug-likeness (QED) is 0.765. The van der Waals surface area contributed by atoms with Crippen LogP contribution < -0.4 is 4.90 Å². The van der Waals surface area contributed by atoms with Gasteiger partial charge in [-0.2, -0.15) is 8.78 Å². The minimum Gasteiger partial charge on any atom is -0.368 e. The van der Waals surface area contributed by atoms with Crippen LogP contribution >= 0.6 is 0 Å². The molecule has 0 N–H and O–H groups in total. The summed E-state index contributed by atoms with van der Waals surface area (Å²) in [7, 11) is -4.65. The molecule has 0 spiro atoms. The molecule has 0 saturated carbocycles. The van der Waals surface area contributed by atoms with Crippen LogP contribution in [0.15, 0.2) is 29.2 Å². The molecular weight excluding hydrogens is 364 g/mol. The second-order valence-corrected chi connectivity index (χ2v) is 8.51. The van der Waals surface area contributed by atoms with Gasteiger partial charge in [0.15, 0.2) is 0 Å². The number of sulfone groups is 1. The summed E-state index contributed by atoms with van der Waals surface area (Å²) >= 11 is 0. The summed E-state index contributed by atoms with van der Waals surface area (Å²) in [5, 5.41) is 0. The molecule has 9 heteroatoms. The molecule has 3 rings (SSSR count). The Labute approximate surface area is 152 Å². The average Bonchev–Trinajstić information content (AvgIpc) is 3.17. The SMILES string of the molecule is O=C(CN1CCN(c2ccccc2S(=O)(=O)C(F)F)CC1)N1CCCC1. The summed E-state index contributed by atoms with van der Waals surface area (Å²) in [5.74, 6) is -3.32. The Bertz CT molecular complexity index is 743. The van der Waals surface area contributed by atoms with Crippen LogP contribution in [0.3, 0.4) is 0 Å². The maximum absolute atomic E-state index is 12.9. The lowest BCUT2D eigenvalue weighted by atomic mass is 10.2. The monoisotopic (exact) mass is 387 g/mol. The van der Waals surface area contributed by atoms with Gasteiger partial charge in [-0.15, -0.1) is 0 Å². The van der Waals surface area contributed by atoms with E-state index in [-0.39, 0.29) is 10.8 Å². The number of benzene rings is 1. The van der Waals surface area contributed by atoms with Crippen molar-refractivity contribution >= 4 is 21.4 Å². The number of carbonyl (C=O) groups is 1. The first-order valence-corrected chi connectivity index (χ1v) is 10.3. The number of alkyl halides is 2. The largest absolute Gasteiger partial charge is 0.368 e. The average molecular weight is 387 g/mol. The summed E-state index contributed by atoms with van der Waals surface area (Å²) in [4.78, 5) is 17.6. The van der Waals surface area contributed by atoms with Crippen LogP contribution in [0.2, 0.25) is 0 Å². The molecule has 2 aliphatic rings. The number of carbonyl (C=O) groups excluding carboxylic acids is 1. The summed E-state index contributed by atoms with van der Waals surface area (Å²) in [5.41, 5.74) is 0.304. The summed E-state index contributed by atoms with van der Waals surface area (Å²) in [6.07, 6.45) is 2.10. The van der Waals surface area contributed by atoms with E-state index < -0.39 is 15.6 Å². The number of nitrogens with zero attached hydrogens (tertiary/aromatic N) is 3. The highest BCUT2D eigenvalue weighted by Crippen LogP contribution is 2.29. The van der Waals surface area contributed by atoms with E-state index in [0.29, 0.717) is 38.4 Å². The number of rotatable bonds is 5. The van der Waals surface area contributed by atoms with Gasteiger partial charge in [-0.1, -0.05) is 12.1 Å². The molecule has 2 aliphatic heterocycles. The molecule has 0 bridgehead atoms. The fraction of sp³-hybridized carbons (Fsp3) is 0.588. The van der Waals surface area contributed by atoms with Crippen LogP contribution in [0.4, 0.5) is 14.5 Å². The van der Waals surface area contributed by atoms with Gasteiger partial charge in [-0.25, -0.2) is 8.42 Å². The van der Waals surface area contributed by atoms with Crippen molar-refractivity contribution in [3.63, 3.8) is 0 Å². The van der Waals surface area contributed by atoms with Crippen molar-refractivity contribution in [2.75, 3.05) is 50.7 Å². The molecule has 26 heavy (non-hydrogen) atoms. The van der Waals surface area contributed by atoms with Gasteiger partial charge in [0.1, 0.15) is 0 Å². The van der Waals surface area contributed by atoms with Gasteiger partial charge >= 0.3 is 5.76 Å². The number of halogens is 2. The Hall–Kier alpha value is -1.74. The van der Waals surface area contributed by atoms with Crippen molar-refractivity contribution in [1.82, 2.24) is 9.80 Å². The first-order chi connectivity index (χ1) is 12.4. The first kappa shape index (κ1) is 19.0. The van der Waals surface area contributed by atoms with E-state index in [0.717, 1.165) is 25.9 Å². The lowest BCUT2D eigenvalue weighted by molar-refractivity contribution is -0.131. The molecule has 1 aromatic rings. The fourth-order valence-corrected chi connectivity index (χ4v) is 4.41. The number of likely N-dealkylation sites (tertiary alicyclic amines) is 1. The maximum Gasteiger partial charge on any atom is 0.341 e.